The molecular weight excluding hydrogens is 192 g/mol. The predicted molar refractivity (Wildman–Crippen MR) is 57.3 cm³/mol. The van der Waals surface area contributed by atoms with Crippen molar-refractivity contribution in [1.29, 1.82) is 0 Å². The van der Waals surface area contributed by atoms with Crippen LogP contribution in [0.3, 0.4) is 0 Å². The summed E-state index contributed by atoms with van der Waals surface area (Å²) in [7, 11) is 1.56. The Balaban J connectivity index is 2.51. The Bertz CT molecular complexity index is 373. The summed E-state index contributed by atoms with van der Waals surface area (Å²) < 4.78 is 10.8. The lowest BCUT2D eigenvalue weighted by Gasteiger charge is -2.29. The van der Waals surface area contributed by atoms with Gasteiger partial charge < -0.3 is 14.6 Å². The van der Waals surface area contributed by atoms with Gasteiger partial charge in [0.2, 0.25) is 0 Å². The molecule has 0 saturated carbocycles. The van der Waals surface area contributed by atoms with Gasteiger partial charge in [-0.3, -0.25) is 0 Å². The first-order valence-electron chi connectivity index (χ1n) is 5.17. The van der Waals surface area contributed by atoms with E-state index in [9.17, 15) is 5.11 Å². The molecule has 15 heavy (non-hydrogen) atoms. The minimum atomic E-state index is 0.0422. The zero-order valence-corrected chi connectivity index (χ0v) is 9.28. The fourth-order valence-electron chi connectivity index (χ4n) is 2.15. The van der Waals surface area contributed by atoms with Crippen LogP contribution in [0.1, 0.15) is 31.1 Å². The molecule has 2 rings (SSSR count). The third-order valence-electron chi connectivity index (χ3n) is 2.87. The lowest BCUT2D eigenvalue weighted by molar-refractivity contribution is -0.00544. The van der Waals surface area contributed by atoms with Crippen LogP contribution in [0.25, 0.3) is 0 Å². The topological polar surface area (TPSA) is 38.7 Å². The third-order valence-corrected chi connectivity index (χ3v) is 2.87. The van der Waals surface area contributed by atoms with Gasteiger partial charge >= 0.3 is 0 Å². The Labute approximate surface area is 89.6 Å². The van der Waals surface area contributed by atoms with E-state index in [4.69, 9.17) is 9.47 Å². The highest BCUT2D eigenvalue weighted by molar-refractivity contribution is 5.51. The Hall–Kier alpha value is -1.22. The number of hydrogen-bond acceptors (Lipinski definition) is 3. The lowest BCUT2D eigenvalue weighted by Crippen LogP contribution is -2.22. The minimum Gasteiger partial charge on any atom is -0.504 e. The molecule has 0 fully saturated rings. The van der Waals surface area contributed by atoms with Crippen molar-refractivity contribution in [3.8, 4) is 11.5 Å². The molecule has 0 unspecified atom stereocenters. The molecule has 0 amide bonds. The fraction of sp³-hybridized carbons (Fsp3) is 0.500. The number of ether oxygens (including phenoxy) is 2. The zero-order valence-electron chi connectivity index (χ0n) is 9.28. The van der Waals surface area contributed by atoms with Gasteiger partial charge in [-0.25, -0.2) is 0 Å². The molecule has 0 aromatic heterocycles. The SMILES string of the molecule is COc1ccc2c(c1O)C[C@H](C)O[C@@H]2C. The quantitative estimate of drug-likeness (QED) is 0.770. The van der Waals surface area contributed by atoms with Crippen LogP contribution >= 0.6 is 0 Å². The number of aromatic hydroxyl groups is 1. The van der Waals surface area contributed by atoms with Gasteiger partial charge in [0.05, 0.1) is 19.3 Å². The molecule has 0 saturated heterocycles. The van der Waals surface area contributed by atoms with Crippen molar-refractivity contribution in [2.75, 3.05) is 7.11 Å². The maximum absolute atomic E-state index is 9.99. The van der Waals surface area contributed by atoms with Gasteiger partial charge in [0.1, 0.15) is 0 Å². The van der Waals surface area contributed by atoms with Crippen LogP contribution in [-0.4, -0.2) is 18.3 Å². The van der Waals surface area contributed by atoms with E-state index in [0.717, 1.165) is 17.5 Å². The zero-order chi connectivity index (χ0) is 11.0. The fourth-order valence-corrected chi connectivity index (χ4v) is 2.15. The second-order valence-electron chi connectivity index (χ2n) is 3.98. The molecule has 1 aromatic rings. The van der Waals surface area contributed by atoms with E-state index in [1.807, 2.05) is 19.9 Å². The first kappa shape index (κ1) is 10.3. The minimum absolute atomic E-state index is 0.0422. The summed E-state index contributed by atoms with van der Waals surface area (Å²) in [5.41, 5.74) is 2.02. The van der Waals surface area contributed by atoms with Crippen molar-refractivity contribution < 1.29 is 14.6 Å². The predicted octanol–water partition coefficient (Wildman–Crippen LogP) is 2.42. The summed E-state index contributed by atoms with van der Waals surface area (Å²) in [5.74, 6) is 0.798. The normalized spacial score (nSPS) is 24.7. The number of phenols is 1. The highest BCUT2D eigenvalue weighted by Crippen LogP contribution is 2.39. The smallest absolute Gasteiger partial charge is 0.161 e. The molecule has 1 aromatic carbocycles. The molecule has 0 aliphatic carbocycles. The summed E-state index contributed by atoms with van der Waals surface area (Å²) in [5, 5.41) is 9.99. The van der Waals surface area contributed by atoms with Gasteiger partial charge in [-0.2, -0.15) is 0 Å². The van der Waals surface area contributed by atoms with Gasteiger partial charge in [0, 0.05) is 12.0 Å². The molecule has 0 radical (unpaired) electrons. The van der Waals surface area contributed by atoms with Crippen LogP contribution in [0, 0.1) is 0 Å². The van der Waals surface area contributed by atoms with Gasteiger partial charge in [-0.1, -0.05) is 6.07 Å². The monoisotopic (exact) mass is 208 g/mol. The van der Waals surface area contributed by atoms with Crippen molar-refractivity contribution in [2.45, 2.75) is 32.5 Å². The first-order valence-corrected chi connectivity index (χ1v) is 5.17. The van der Waals surface area contributed by atoms with Crippen molar-refractivity contribution in [2.24, 2.45) is 0 Å². The summed E-state index contributed by atoms with van der Waals surface area (Å²) in [6.07, 6.45) is 0.925. The first-order chi connectivity index (χ1) is 7.13. The Morgan fingerprint density at radius 2 is 2.13 bits per heavy atom. The number of rotatable bonds is 1. The van der Waals surface area contributed by atoms with E-state index in [1.54, 1.807) is 13.2 Å². The molecule has 1 heterocycles. The number of fused-ring (bicyclic) bond motifs is 1. The number of benzene rings is 1. The Morgan fingerprint density at radius 1 is 1.40 bits per heavy atom. The molecule has 1 aliphatic heterocycles. The average molecular weight is 208 g/mol. The summed E-state index contributed by atoms with van der Waals surface area (Å²) in [6.45, 7) is 4.01. The number of methoxy groups -OCH3 is 1. The van der Waals surface area contributed by atoms with Crippen LogP contribution in [0.2, 0.25) is 0 Å². The molecule has 0 bridgehead atoms. The molecule has 82 valence electrons. The van der Waals surface area contributed by atoms with E-state index in [2.05, 4.69) is 0 Å². The molecule has 3 nitrogen and oxygen atoms in total. The van der Waals surface area contributed by atoms with Crippen molar-refractivity contribution in [3.63, 3.8) is 0 Å². The van der Waals surface area contributed by atoms with E-state index >= 15 is 0 Å². The second kappa shape index (κ2) is 3.74. The van der Waals surface area contributed by atoms with Crippen LogP contribution in [-0.2, 0) is 11.2 Å². The van der Waals surface area contributed by atoms with E-state index in [0.29, 0.717) is 5.75 Å². The second-order valence-corrected chi connectivity index (χ2v) is 3.98. The highest BCUT2D eigenvalue weighted by Gasteiger charge is 2.25. The van der Waals surface area contributed by atoms with E-state index in [-0.39, 0.29) is 18.0 Å². The van der Waals surface area contributed by atoms with E-state index < -0.39 is 0 Å². The van der Waals surface area contributed by atoms with Gasteiger partial charge in [0.25, 0.3) is 0 Å². The number of phenolic OH excluding ortho intramolecular Hbond substituents is 1. The maximum Gasteiger partial charge on any atom is 0.161 e. The summed E-state index contributed by atoms with van der Waals surface area (Å²) >= 11 is 0. The molecule has 1 N–H and O–H groups in total. The maximum atomic E-state index is 9.99. The lowest BCUT2D eigenvalue weighted by atomic mass is 9.94. The summed E-state index contributed by atoms with van der Waals surface area (Å²) in [4.78, 5) is 0. The molecular formula is C12H16O3. The van der Waals surface area contributed by atoms with Crippen LogP contribution in [0.5, 0.6) is 11.5 Å². The molecule has 1 aliphatic rings. The van der Waals surface area contributed by atoms with Crippen LogP contribution in [0.4, 0.5) is 0 Å². The molecule has 2 atom stereocenters. The van der Waals surface area contributed by atoms with E-state index in [1.165, 1.54) is 0 Å². The summed E-state index contributed by atoms with van der Waals surface area (Å²) in [6, 6.07) is 3.74. The van der Waals surface area contributed by atoms with Crippen molar-refractivity contribution >= 4 is 0 Å². The van der Waals surface area contributed by atoms with Crippen LogP contribution in [0.15, 0.2) is 12.1 Å². The highest BCUT2D eigenvalue weighted by atomic mass is 16.5. The molecule has 3 heteroatoms. The largest absolute Gasteiger partial charge is 0.504 e. The number of hydrogen-bond donors (Lipinski definition) is 1. The van der Waals surface area contributed by atoms with Crippen molar-refractivity contribution in [3.05, 3.63) is 23.3 Å². The van der Waals surface area contributed by atoms with Crippen molar-refractivity contribution in [1.82, 2.24) is 0 Å². The van der Waals surface area contributed by atoms with Gasteiger partial charge in [-0.05, 0) is 25.5 Å². The molecule has 0 spiro atoms. The van der Waals surface area contributed by atoms with Crippen LogP contribution < -0.4 is 4.74 Å². The Kier molecular flexibility index (Phi) is 2.57. The standard InChI is InChI=1S/C12H16O3/c1-7-6-10-9(8(2)15-7)4-5-11(14-3)12(10)13/h4-5,7-8,13H,6H2,1-3H3/t7-,8+/m0/s1. The third kappa shape index (κ3) is 1.67. The van der Waals surface area contributed by atoms with Gasteiger partial charge in [-0.15, -0.1) is 0 Å². The Morgan fingerprint density at radius 3 is 2.80 bits per heavy atom. The van der Waals surface area contributed by atoms with Gasteiger partial charge in [0.15, 0.2) is 11.5 Å². The average Bonchev–Trinajstić information content (AvgIpc) is 2.19.